The molecule has 1 heterocycles. The van der Waals surface area contributed by atoms with E-state index in [9.17, 15) is 0 Å². The van der Waals surface area contributed by atoms with Gasteiger partial charge in [-0.05, 0) is 37.1 Å². The van der Waals surface area contributed by atoms with Crippen molar-refractivity contribution in [3.05, 3.63) is 23.3 Å². The zero-order valence-electron chi connectivity index (χ0n) is 12.5. The summed E-state index contributed by atoms with van der Waals surface area (Å²) in [5.74, 6) is 0.969. The Labute approximate surface area is 116 Å². The Morgan fingerprint density at radius 2 is 1.89 bits per heavy atom. The number of ether oxygens (including phenoxy) is 1. The van der Waals surface area contributed by atoms with Crippen LogP contribution in [0.2, 0.25) is 0 Å². The van der Waals surface area contributed by atoms with Gasteiger partial charge in [-0.2, -0.15) is 0 Å². The summed E-state index contributed by atoms with van der Waals surface area (Å²) in [6.45, 7) is 9.65. The Balaban J connectivity index is 2.09. The molecule has 0 aliphatic carbocycles. The van der Waals surface area contributed by atoms with E-state index < -0.39 is 0 Å². The summed E-state index contributed by atoms with van der Waals surface area (Å²) >= 11 is 0. The molecule has 1 N–H and O–H groups in total. The number of nitrogens with zero attached hydrogens (tertiary/aromatic N) is 2. The van der Waals surface area contributed by atoms with Crippen LogP contribution in [-0.2, 0) is 0 Å². The molecule has 0 atom stereocenters. The van der Waals surface area contributed by atoms with Crippen molar-refractivity contribution in [3.8, 4) is 5.75 Å². The van der Waals surface area contributed by atoms with Gasteiger partial charge in [-0.25, -0.2) is 0 Å². The molecule has 1 fully saturated rings. The van der Waals surface area contributed by atoms with E-state index in [-0.39, 0.29) is 0 Å². The summed E-state index contributed by atoms with van der Waals surface area (Å²) in [7, 11) is 3.89. The molecule has 4 nitrogen and oxygen atoms in total. The first-order valence-electron chi connectivity index (χ1n) is 6.91. The van der Waals surface area contributed by atoms with Crippen LogP contribution in [0.3, 0.4) is 0 Å². The highest BCUT2D eigenvalue weighted by Crippen LogP contribution is 2.28. The van der Waals surface area contributed by atoms with Crippen molar-refractivity contribution in [2.45, 2.75) is 13.8 Å². The van der Waals surface area contributed by atoms with E-state index in [0.717, 1.165) is 38.6 Å². The number of rotatable bonds is 4. The van der Waals surface area contributed by atoms with Crippen molar-refractivity contribution in [1.29, 1.82) is 0 Å². The van der Waals surface area contributed by atoms with E-state index >= 15 is 0 Å². The van der Waals surface area contributed by atoms with Crippen LogP contribution in [0.4, 0.5) is 5.69 Å². The smallest absolute Gasteiger partial charge is 0.122 e. The van der Waals surface area contributed by atoms with E-state index in [1.807, 2.05) is 0 Å². The second-order valence-electron chi connectivity index (χ2n) is 5.32. The lowest BCUT2D eigenvalue weighted by atomic mass is 10.1. The van der Waals surface area contributed by atoms with Crippen LogP contribution < -0.4 is 15.0 Å². The standard InChI is InChI=1S/C15H25N3O/c1-12-10-15(19-4)13(2)9-14(12)17(3)11-18-7-5-16-6-8-18/h9-10,16H,5-8,11H2,1-4H3. The molecular formula is C15H25N3O. The van der Waals surface area contributed by atoms with Gasteiger partial charge in [0.2, 0.25) is 0 Å². The predicted octanol–water partition coefficient (Wildman–Crippen LogP) is 1.61. The second kappa shape index (κ2) is 6.26. The molecule has 1 aromatic carbocycles. The predicted molar refractivity (Wildman–Crippen MR) is 80.2 cm³/mol. The largest absolute Gasteiger partial charge is 0.496 e. The molecule has 106 valence electrons. The summed E-state index contributed by atoms with van der Waals surface area (Å²) in [5, 5.41) is 3.39. The molecule has 0 saturated carbocycles. The number of anilines is 1. The number of piperazine rings is 1. The third kappa shape index (κ3) is 3.39. The van der Waals surface area contributed by atoms with Gasteiger partial charge in [0.1, 0.15) is 5.75 Å². The maximum Gasteiger partial charge on any atom is 0.122 e. The average Bonchev–Trinajstić information content (AvgIpc) is 2.42. The molecule has 0 radical (unpaired) electrons. The highest BCUT2D eigenvalue weighted by molar-refractivity contribution is 5.58. The molecule has 4 heteroatoms. The highest BCUT2D eigenvalue weighted by Gasteiger charge is 2.14. The van der Waals surface area contributed by atoms with E-state index in [1.54, 1.807) is 7.11 Å². The second-order valence-corrected chi connectivity index (χ2v) is 5.32. The van der Waals surface area contributed by atoms with Crippen LogP contribution in [0.25, 0.3) is 0 Å². The van der Waals surface area contributed by atoms with Gasteiger partial charge in [0.15, 0.2) is 0 Å². The van der Waals surface area contributed by atoms with Crippen molar-refractivity contribution in [3.63, 3.8) is 0 Å². The SMILES string of the molecule is COc1cc(C)c(N(C)CN2CCNCC2)cc1C. The van der Waals surface area contributed by atoms with Crippen molar-refractivity contribution >= 4 is 5.69 Å². The Morgan fingerprint density at radius 3 is 2.53 bits per heavy atom. The first kappa shape index (κ1) is 14.2. The molecule has 2 rings (SSSR count). The number of nitrogens with one attached hydrogen (secondary N) is 1. The van der Waals surface area contributed by atoms with Crippen molar-refractivity contribution in [2.75, 3.05) is 51.9 Å². The highest BCUT2D eigenvalue weighted by atomic mass is 16.5. The average molecular weight is 263 g/mol. The Morgan fingerprint density at radius 1 is 1.21 bits per heavy atom. The van der Waals surface area contributed by atoms with Crippen LogP contribution in [0.15, 0.2) is 12.1 Å². The van der Waals surface area contributed by atoms with Crippen LogP contribution in [0, 0.1) is 13.8 Å². The maximum absolute atomic E-state index is 5.37. The topological polar surface area (TPSA) is 27.7 Å². The van der Waals surface area contributed by atoms with Gasteiger partial charge in [-0.15, -0.1) is 0 Å². The summed E-state index contributed by atoms with van der Waals surface area (Å²) < 4.78 is 5.37. The van der Waals surface area contributed by atoms with Gasteiger partial charge in [-0.1, -0.05) is 0 Å². The molecule has 0 bridgehead atoms. The van der Waals surface area contributed by atoms with Crippen LogP contribution in [-0.4, -0.2) is 51.9 Å². The molecule has 0 spiro atoms. The molecule has 19 heavy (non-hydrogen) atoms. The van der Waals surface area contributed by atoms with Gasteiger partial charge >= 0.3 is 0 Å². The molecule has 0 aromatic heterocycles. The van der Waals surface area contributed by atoms with Crippen LogP contribution >= 0.6 is 0 Å². The van der Waals surface area contributed by atoms with Crippen molar-refractivity contribution in [2.24, 2.45) is 0 Å². The maximum atomic E-state index is 5.37. The van der Waals surface area contributed by atoms with Gasteiger partial charge in [0, 0.05) is 38.9 Å². The van der Waals surface area contributed by atoms with Gasteiger partial charge < -0.3 is 15.0 Å². The summed E-state index contributed by atoms with van der Waals surface area (Å²) in [6, 6.07) is 4.34. The normalized spacial score (nSPS) is 16.4. The van der Waals surface area contributed by atoms with E-state index in [0.29, 0.717) is 0 Å². The lowest BCUT2D eigenvalue weighted by Crippen LogP contribution is -2.47. The third-order valence-electron chi connectivity index (χ3n) is 3.75. The zero-order valence-corrected chi connectivity index (χ0v) is 12.5. The minimum absolute atomic E-state index is 0.969. The lowest BCUT2D eigenvalue weighted by molar-refractivity contribution is 0.243. The van der Waals surface area contributed by atoms with Gasteiger partial charge in [0.25, 0.3) is 0 Å². The van der Waals surface area contributed by atoms with Crippen LogP contribution in [0.5, 0.6) is 5.75 Å². The number of methoxy groups -OCH3 is 1. The van der Waals surface area contributed by atoms with E-state index in [1.165, 1.54) is 16.8 Å². The molecular weight excluding hydrogens is 238 g/mol. The molecule has 1 aromatic rings. The molecule has 0 amide bonds. The van der Waals surface area contributed by atoms with Gasteiger partial charge in [-0.3, -0.25) is 4.90 Å². The fourth-order valence-corrected chi connectivity index (χ4v) is 2.63. The fraction of sp³-hybridized carbons (Fsp3) is 0.600. The van der Waals surface area contributed by atoms with E-state index in [4.69, 9.17) is 4.74 Å². The molecule has 0 unspecified atom stereocenters. The lowest BCUT2D eigenvalue weighted by Gasteiger charge is -2.33. The number of hydrogen-bond donors (Lipinski definition) is 1. The quantitative estimate of drug-likeness (QED) is 0.893. The zero-order chi connectivity index (χ0) is 13.8. The first-order chi connectivity index (χ1) is 9.11. The van der Waals surface area contributed by atoms with Crippen molar-refractivity contribution in [1.82, 2.24) is 10.2 Å². The molecule has 1 saturated heterocycles. The molecule has 1 aliphatic rings. The minimum Gasteiger partial charge on any atom is -0.496 e. The fourth-order valence-electron chi connectivity index (χ4n) is 2.63. The van der Waals surface area contributed by atoms with E-state index in [2.05, 4.69) is 48.1 Å². The summed E-state index contributed by atoms with van der Waals surface area (Å²) in [4.78, 5) is 4.81. The molecule has 1 aliphatic heterocycles. The Hall–Kier alpha value is -1.26. The van der Waals surface area contributed by atoms with Crippen LogP contribution in [0.1, 0.15) is 11.1 Å². The first-order valence-corrected chi connectivity index (χ1v) is 6.91. The Bertz CT molecular complexity index is 428. The van der Waals surface area contributed by atoms with Crippen molar-refractivity contribution < 1.29 is 4.74 Å². The third-order valence-corrected chi connectivity index (χ3v) is 3.75. The Kier molecular flexibility index (Phi) is 4.66. The summed E-state index contributed by atoms with van der Waals surface area (Å²) in [5.41, 5.74) is 3.74. The minimum atomic E-state index is 0.969. The number of benzene rings is 1. The summed E-state index contributed by atoms with van der Waals surface area (Å²) in [6.07, 6.45) is 0. The number of aryl methyl sites for hydroxylation is 2. The van der Waals surface area contributed by atoms with Gasteiger partial charge in [0.05, 0.1) is 13.8 Å². The monoisotopic (exact) mass is 263 g/mol. The number of hydrogen-bond acceptors (Lipinski definition) is 4.